The summed E-state index contributed by atoms with van der Waals surface area (Å²) in [5.74, 6) is 0.682. The van der Waals surface area contributed by atoms with Crippen LogP contribution < -0.4 is 10.1 Å². The number of nitro benzene ring substituents is 1. The van der Waals surface area contributed by atoms with Crippen LogP contribution in [0.2, 0.25) is 0 Å². The maximum Gasteiger partial charge on any atom is 0.272 e. The van der Waals surface area contributed by atoms with Crippen LogP contribution in [0.15, 0.2) is 18.2 Å². The summed E-state index contributed by atoms with van der Waals surface area (Å²) in [6, 6.07) is 4.85. The predicted octanol–water partition coefficient (Wildman–Crippen LogP) is 2.02. The Hall–Kier alpha value is -1.41. The van der Waals surface area contributed by atoms with Crippen LogP contribution in [-0.4, -0.2) is 62.4 Å². The van der Waals surface area contributed by atoms with Gasteiger partial charge in [-0.15, -0.1) is 12.4 Å². The third-order valence-corrected chi connectivity index (χ3v) is 3.84. The van der Waals surface area contributed by atoms with Gasteiger partial charge in [-0.3, -0.25) is 15.0 Å². The van der Waals surface area contributed by atoms with Gasteiger partial charge in [0.1, 0.15) is 5.75 Å². The zero-order chi connectivity index (χ0) is 16.5. The Kier molecular flexibility index (Phi) is 9.63. The van der Waals surface area contributed by atoms with Gasteiger partial charge in [0.05, 0.1) is 24.7 Å². The number of hydrogen-bond donors (Lipinski definition) is 1. The molecule has 0 radical (unpaired) electrons. The summed E-state index contributed by atoms with van der Waals surface area (Å²) in [5, 5.41) is 14.2. The van der Waals surface area contributed by atoms with Crippen molar-refractivity contribution >= 4 is 18.1 Å². The van der Waals surface area contributed by atoms with Crippen molar-refractivity contribution in [2.45, 2.75) is 13.3 Å². The van der Waals surface area contributed by atoms with E-state index in [-0.39, 0.29) is 23.0 Å². The molecule has 1 aromatic carbocycles. The van der Waals surface area contributed by atoms with Gasteiger partial charge in [-0.05, 0) is 32.0 Å². The first-order valence-corrected chi connectivity index (χ1v) is 8.05. The molecule has 0 aliphatic carbocycles. The summed E-state index contributed by atoms with van der Waals surface area (Å²) in [7, 11) is 0. The Balaban J connectivity index is 0.00000288. The lowest BCUT2D eigenvalue weighted by Crippen LogP contribution is -2.40. The molecule has 0 saturated carbocycles. The molecule has 1 N–H and O–H groups in total. The first-order valence-electron chi connectivity index (χ1n) is 8.05. The van der Waals surface area contributed by atoms with Crippen molar-refractivity contribution in [3.8, 4) is 5.75 Å². The van der Waals surface area contributed by atoms with E-state index in [2.05, 4.69) is 10.2 Å². The topological polar surface area (TPSA) is 76.9 Å². The van der Waals surface area contributed by atoms with Crippen molar-refractivity contribution in [2.24, 2.45) is 0 Å². The second kappa shape index (κ2) is 11.2. The molecular formula is C16H26ClN3O4. The molecule has 2 rings (SSSR count). The molecule has 1 fully saturated rings. The Morgan fingerprint density at radius 3 is 2.75 bits per heavy atom. The van der Waals surface area contributed by atoms with E-state index in [9.17, 15) is 10.1 Å². The maximum atomic E-state index is 10.8. The van der Waals surface area contributed by atoms with Gasteiger partial charge in [0.15, 0.2) is 0 Å². The standard InChI is InChI=1S/C16H25N3O4.ClH/c1-14-13-15(3-4-16(14)19(20)21)23-10-2-5-17-6-7-18-8-11-22-12-9-18;/h3-4,13,17H,2,5-12H2,1H3;1H. The van der Waals surface area contributed by atoms with Gasteiger partial charge in [0, 0.05) is 37.8 Å². The third kappa shape index (κ3) is 7.00. The fourth-order valence-electron chi connectivity index (χ4n) is 2.50. The summed E-state index contributed by atoms with van der Waals surface area (Å²) < 4.78 is 10.9. The van der Waals surface area contributed by atoms with Crippen molar-refractivity contribution in [2.75, 3.05) is 52.5 Å². The highest BCUT2D eigenvalue weighted by atomic mass is 35.5. The van der Waals surface area contributed by atoms with Gasteiger partial charge in [0.25, 0.3) is 5.69 Å². The van der Waals surface area contributed by atoms with Crippen LogP contribution in [0.4, 0.5) is 5.69 Å². The second-order valence-corrected chi connectivity index (χ2v) is 5.61. The van der Waals surface area contributed by atoms with Crippen LogP contribution in [0.25, 0.3) is 0 Å². The number of nitro groups is 1. The largest absolute Gasteiger partial charge is 0.494 e. The average molecular weight is 360 g/mol. The highest BCUT2D eigenvalue weighted by molar-refractivity contribution is 5.85. The van der Waals surface area contributed by atoms with E-state index in [4.69, 9.17) is 9.47 Å². The number of morpholine rings is 1. The van der Waals surface area contributed by atoms with Crippen LogP contribution >= 0.6 is 12.4 Å². The number of benzene rings is 1. The molecule has 1 heterocycles. The lowest BCUT2D eigenvalue weighted by atomic mass is 10.2. The van der Waals surface area contributed by atoms with Crippen molar-refractivity contribution in [3.05, 3.63) is 33.9 Å². The molecule has 136 valence electrons. The first kappa shape index (κ1) is 20.6. The van der Waals surface area contributed by atoms with E-state index in [1.54, 1.807) is 19.1 Å². The number of hydrogen-bond acceptors (Lipinski definition) is 6. The Morgan fingerprint density at radius 1 is 1.33 bits per heavy atom. The minimum absolute atomic E-state index is 0. The molecular weight excluding hydrogens is 334 g/mol. The molecule has 8 heteroatoms. The number of aryl methyl sites for hydroxylation is 1. The van der Waals surface area contributed by atoms with Crippen molar-refractivity contribution in [3.63, 3.8) is 0 Å². The van der Waals surface area contributed by atoms with Crippen LogP contribution in [0, 0.1) is 17.0 Å². The second-order valence-electron chi connectivity index (χ2n) is 5.61. The molecule has 7 nitrogen and oxygen atoms in total. The number of halogens is 1. The van der Waals surface area contributed by atoms with Gasteiger partial charge in [-0.2, -0.15) is 0 Å². The minimum Gasteiger partial charge on any atom is -0.494 e. The number of rotatable bonds is 9. The summed E-state index contributed by atoms with van der Waals surface area (Å²) in [6.45, 7) is 8.94. The Labute approximate surface area is 148 Å². The SMILES string of the molecule is Cc1cc(OCCCNCCN2CCOCC2)ccc1[N+](=O)[O-].Cl. The average Bonchev–Trinajstić information content (AvgIpc) is 2.54. The number of ether oxygens (including phenoxy) is 2. The molecule has 0 spiro atoms. The summed E-state index contributed by atoms with van der Waals surface area (Å²) in [5.41, 5.74) is 0.748. The first-order chi connectivity index (χ1) is 11.2. The molecule has 1 aliphatic heterocycles. The molecule has 0 bridgehead atoms. The van der Waals surface area contributed by atoms with Crippen LogP contribution in [0.3, 0.4) is 0 Å². The van der Waals surface area contributed by atoms with Crippen molar-refractivity contribution < 1.29 is 14.4 Å². The zero-order valence-electron chi connectivity index (χ0n) is 14.0. The highest BCUT2D eigenvalue weighted by Gasteiger charge is 2.10. The molecule has 24 heavy (non-hydrogen) atoms. The van der Waals surface area contributed by atoms with Crippen LogP contribution in [-0.2, 0) is 4.74 Å². The minimum atomic E-state index is -0.377. The normalized spacial score (nSPS) is 14.9. The van der Waals surface area contributed by atoms with Gasteiger partial charge in [-0.25, -0.2) is 0 Å². The summed E-state index contributed by atoms with van der Waals surface area (Å²) >= 11 is 0. The van der Waals surface area contributed by atoms with Gasteiger partial charge in [-0.1, -0.05) is 0 Å². The van der Waals surface area contributed by atoms with E-state index in [0.717, 1.165) is 52.4 Å². The van der Waals surface area contributed by atoms with Gasteiger partial charge in [0.2, 0.25) is 0 Å². The van der Waals surface area contributed by atoms with Gasteiger partial charge < -0.3 is 14.8 Å². The molecule has 0 unspecified atom stereocenters. The lowest BCUT2D eigenvalue weighted by molar-refractivity contribution is -0.385. The maximum absolute atomic E-state index is 10.8. The quantitative estimate of drug-likeness (QED) is 0.413. The smallest absolute Gasteiger partial charge is 0.272 e. The van der Waals surface area contributed by atoms with Gasteiger partial charge >= 0.3 is 0 Å². The molecule has 1 aromatic rings. The summed E-state index contributed by atoms with van der Waals surface area (Å²) in [4.78, 5) is 12.8. The van der Waals surface area contributed by atoms with E-state index < -0.39 is 0 Å². The fraction of sp³-hybridized carbons (Fsp3) is 0.625. The Bertz CT molecular complexity index is 510. The van der Waals surface area contributed by atoms with Crippen LogP contribution in [0.5, 0.6) is 5.75 Å². The van der Waals surface area contributed by atoms with Crippen LogP contribution in [0.1, 0.15) is 12.0 Å². The van der Waals surface area contributed by atoms with Crippen molar-refractivity contribution in [1.82, 2.24) is 10.2 Å². The van der Waals surface area contributed by atoms with E-state index in [0.29, 0.717) is 17.9 Å². The molecule has 0 atom stereocenters. The molecule has 1 saturated heterocycles. The zero-order valence-corrected chi connectivity index (χ0v) is 14.8. The monoisotopic (exact) mass is 359 g/mol. The van der Waals surface area contributed by atoms with E-state index in [1.807, 2.05) is 0 Å². The predicted molar refractivity (Wildman–Crippen MR) is 95.3 cm³/mol. The molecule has 0 aromatic heterocycles. The van der Waals surface area contributed by atoms with E-state index in [1.165, 1.54) is 6.07 Å². The lowest BCUT2D eigenvalue weighted by Gasteiger charge is -2.26. The highest BCUT2D eigenvalue weighted by Crippen LogP contribution is 2.22. The third-order valence-electron chi connectivity index (χ3n) is 3.84. The Morgan fingerprint density at radius 2 is 2.08 bits per heavy atom. The fourth-order valence-corrected chi connectivity index (χ4v) is 2.50. The molecule has 0 amide bonds. The van der Waals surface area contributed by atoms with E-state index >= 15 is 0 Å². The van der Waals surface area contributed by atoms with Crippen molar-refractivity contribution in [1.29, 1.82) is 0 Å². The molecule has 1 aliphatic rings. The number of nitrogens with one attached hydrogen (secondary N) is 1. The number of nitrogens with zero attached hydrogens (tertiary/aromatic N) is 2. The summed E-state index contributed by atoms with van der Waals surface area (Å²) in [6.07, 6.45) is 0.902.